The molecule has 0 N–H and O–H groups in total. The molecule has 1 fully saturated rings. The highest BCUT2D eigenvalue weighted by atomic mass is 32.2. The van der Waals surface area contributed by atoms with E-state index in [-0.39, 0.29) is 5.78 Å². The fraction of sp³-hybridized carbons (Fsp3) is 0.500. The Morgan fingerprint density at radius 2 is 2.18 bits per heavy atom. The van der Waals surface area contributed by atoms with Crippen molar-refractivity contribution in [3.8, 4) is 0 Å². The number of thioether (sulfide) groups is 1. The number of hydrogen-bond donors (Lipinski definition) is 0. The minimum Gasteiger partial charge on any atom is -0.378 e. The number of carbonyl (C=O) groups is 1. The van der Waals surface area contributed by atoms with Gasteiger partial charge in [-0.2, -0.15) is 0 Å². The van der Waals surface area contributed by atoms with Crippen molar-refractivity contribution < 1.29 is 9.53 Å². The summed E-state index contributed by atoms with van der Waals surface area (Å²) >= 11 is 1.84. The Bertz CT molecular complexity index is 366. The smallest absolute Gasteiger partial charge is 0.159 e. The Hall–Kier alpha value is -0.800. The Morgan fingerprint density at radius 3 is 2.76 bits per heavy atom. The van der Waals surface area contributed by atoms with Crippen LogP contribution in [-0.2, 0) is 4.74 Å². The van der Waals surface area contributed by atoms with Crippen LogP contribution in [0, 0.1) is 0 Å². The van der Waals surface area contributed by atoms with E-state index in [1.165, 1.54) is 17.7 Å². The lowest BCUT2D eigenvalue weighted by Crippen LogP contribution is -2.05. The molecule has 17 heavy (non-hydrogen) atoms. The van der Waals surface area contributed by atoms with Crippen LogP contribution < -0.4 is 0 Å². The molecular formula is C14H18O2S. The molecule has 1 aromatic rings. The predicted octanol–water partition coefficient (Wildman–Crippen LogP) is 3.55. The fourth-order valence-electron chi connectivity index (χ4n) is 1.97. The van der Waals surface area contributed by atoms with Crippen LogP contribution in [0.25, 0.3) is 0 Å². The molecule has 1 unspecified atom stereocenters. The van der Waals surface area contributed by atoms with Crippen molar-refractivity contribution in [1.82, 2.24) is 0 Å². The number of Topliss-reactive ketones (excluding diaryl/α,β-unsaturated/α-hetero) is 1. The standard InChI is InChI=1S/C14H18O2S/c1-11(15)12-4-6-14(7-5-12)17-10-8-13-3-2-9-16-13/h4-7,13H,2-3,8-10H2,1H3. The van der Waals surface area contributed by atoms with Crippen LogP contribution >= 0.6 is 11.8 Å². The molecule has 0 aliphatic carbocycles. The molecular weight excluding hydrogens is 232 g/mol. The molecule has 1 atom stereocenters. The molecule has 0 saturated carbocycles. The monoisotopic (exact) mass is 250 g/mol. The van der Waals surface area contributed by atoms with Gasteiger partial charge in [0.05, 0.1) is 6.10 Å². The zero-order valence-corrected chi connectivity index (χ0v) is 11.0. The highest BCUT2D eigenvalue weighted by Crippen LogP contribution is 2.23. The highest BCUT2D eigenvalue weighted by Gasteiger charge is 2.14. The van der Waals surface area contributed by atoms with E-state index in [1.807, 2.05) is 36.0 Å². The Morgan fingerprint density at radius 1 is 1.41 bits per heavy atom. The molecule has 0 spiro atoms. The summed E-state index contributed by atoms with van der Waals surface area (Å²) in [6.07, 6.45) is 4.02. The molecule has 0 amide bonds. The average molecular weight is 250 g/mol. The average Bonchev–Trinajstić information content (AvgIpc) is 2.83. The van der Waals surface area contributed by atoms with Crippen LogP contribution in [0.15, 0.2) is 29.2 Å². The van der Waals surface area contributed by atoms with Gasteiger partial charge in [0.15, 0.2) is 5.78 Å². The van der Waals surface area contributed by atoms with E-state index in [0.717, 1.165) is 24.3 Å². The number of carbonyl (C=O) groups excluding carboxylic acids is 1. The maximum atomic E-state index is 11.1. The van der Waals surface area contributed by atoms with Crippen LogP contribution in [-0.4, -0.2) is 24.2 Å². The van der Waals surface area contributed by atoms with Gasteiger partial charge in [-0.15, -0.1) is 11.8 Å². The lowest BCUT2D eigenvalue weighted by molar-refractivity contribution is 0.101. The molecule has 3 heteroatoms. The molecule has 92 valence electrons. The third-order valence-corrected chi connectivity index (χ3v) is 4.04. The third-order valence-electron chi connectivity index (χ3n) is 2.99. The van der Waals surface area contributed by atoms with Gasteiger partial charge in [0.1, 0.15) is 0 Å². The van der Waals surface area contributed by atoms with Crippen molar-refractivity contribution >= 4 is 17.5 Å². The van der Waals surface area contributed by atoms with Crippen LogP contribution in [0.1, 0.15) is 36.5 Å². The molecule has 0 bridgehead atoms. The molecule has 1 aromatic carbocycles. The maximum absolute atomic E-state index is 11.1. The van der Waals surface area contributed by atoms with Crippen molar-refractivity contribution in [2.45, 2.75) is 37.2 Å². The number of ketones is 1. The van der Waals surface area contributed by atoms with Gasteiger partial charge >= 0.3 is 0 Å². The third kappa shape index (κ3) is 3.86. The van der Waals surface area contributed by atoms with Crippen LogP contribution in [0.3, 0.4) is 0 Å². The highest BCUT2D eigenvalue weighted by molar-refractivity contribution is 7.99. The van der Waals surface area contributed by atoms with E-state index in [2.05, 4.69) is 0 Å². The van der Waals surface area contributed by atoms with Crippen molar-refractivity contribution in [2.75, 3.05) is 12.4 Å². The molecule has 0 radical (unpaired) electrons. The zero-order valence-electron chi connectivity index (χ0n) is 10.1. The van der Waals surface area contributed by atoms with Gasteiger partial charge in [0.2, 0.25) is 0 Å². The first-order valence-electron chi connectivity index (χ1n) is 6.11. The molecule has 1 saturated heterocycles. The fourth-order valence-corrected chi connectivity index (χ4v) is 2.91. The zero-order chi connectivity index (χ0) is 12.1. The van der Waals surface area contributed by atoms with E-state index in [1.54, 1.807) is 6.92 Å². The summed E-state index contributed by atoms with van der Waals surface area (Å²) in [7, 11) is 0. The first-order valence-corrected chi connectivity index (χ1v) is 7.09. The first-order chi connectivity index (χ1) is 8.25. The van der Waals surface area contributed by atoms with Crippen LogP contribution in [0.4, 0.5) is 0 Å². The first kappa shape index (κ1) is 12.7. The largest absolute Gasteiger partial charge is 0.378 e. The van der Waals surface area contributed by atoms with E-state index in [9.17, 15) is 4.79 Å². The lowest BCUT2D eigenvalue weighted by atomic mass is 10.2. The summed E-state index contributed by atoms with van der Waals surface area (Å²) in [6.45, 7) is 2.53. The summed E-state index contributed by atoms with van der Waals surface area (Å²) in [4.78, 5) is 12.4. The van der Waals surface area contributed by atoms with Gasteiger partial charge in [-0.25, -0.2) is 0 Å². The SMILES string of the molecule is CC(=O)c1ccc(SCCC2CCCO2)cc1. The Labute approximate surface area is 107 Å². The lowest BCUT2D eigenvalue weighted by Gasteiger charge is -2.08. The molecule has 1 aliphatic heterocycles. The van der Waals surface area contributed by atoms with Crippen molar-refractivity contribution in [3.63, 3.8) is 0 Å². The molecule has 2 nitrogen and oxygen atoms in total. The maximum Gasteiger partial charge on any atom is 0.159 e. The Kier molecular flexibility index (Phi) is 4.63. The van der Waals surface area contributed by atoms with Gasteiger partial charge in [0.25, 0.3) is 0 Å². The number of rotatable bonds is 5. The van der Waals surface area contributed by atoms with Gasteiger partial charge in [-0.05, 0) is 38.3 Å². The summed E-state index contributed by atoms with van der Waals surface area (Å²) in [5.74, 6) is 1.21. The second-order valence-electron chi connectivity index (χ2n) is 4.35. The quantitative estimate of drug-likeness (QED) is 0.590. The minimum atomic E-state index is 0.126. The van der Waals surface area contributed by atoms with Gasteiger partial charge in [0, 0.05) is 22.8 Å². The van der Waals surface area contributed by atoms with Crippen molar-refractivity contribution in [2.24, 2.45) is 0 Å². The van der Waals surface area contributed by atoms with E-state index in [4.69, 9.17) is 4.74 Å². The second kappa shape index (κ2) is 6.22. The summed E-state index contributed by atoms with van der Waals surface area (Å²) in [5.41, 5.74) is 0.786. The van der Waals surface area contributed by atoms with Gasteiger partial charge in [-0.1, -0.05) is 12.1 Å². The van der Waals surface area contributed by atoms with E-state index < -0.39 is 0 Å². The number of ether oxygens (including phenoxy) is 1. The normalized spacial score (nSPS) is 19.5. The second-order valence-corrected chi connectivity index (χ2v) is 5.52. The summed E-state index contributed by atoms with van der Waals surface area (Å²) < 4.78 is 5.58. The number of benzene rings is 1. The van der Waals surface area contributed by atoms with Crippen LogP contribution in [0.5, 0.6) is 0 Å². The molecule has 1 heterocycles. The topological polar surface area (TPSA) is 26.3 Å². The minimum absolute atomic E-state index is 0.126. The number of hydrogen-bond acceptors (Lipinski definition) is 3. The predicted molar refractivity (Wildman–Crippen MR) is 70.8 cm³/mol. The molecule has 0 aromatic heterocycles. The van der Waals surface area contributed by atoms with Gasteiger partial charge in [-0.3, -0.25) is 4.79 Å². The summed E-state index contributed by atoms with van der Waals surface area (Å²) in [5, 5.41) is 0. The summed E-state index contributed by atoms with van der Waals surface area (Å²) in [6, 6.07) is 7.85. The Balaban J connectivity index is 1.76. The molecule has 1 aliphatic rings. The van der Waals surface area contributed by atoms with E-state index >= 15 is 0 Å². The van der Waals surface area contributed by atoms with Gasteiger partial charge < -0.3 is 4.74 Å². The van der Waals surface area contributed by atoms with E-state index in [0.29, 0.717) is 6.10 Å². The van der Waals surface area contributed by atoms with Crippen molar-refractivity contribution in [1.29, 1.82) is 0 Å². The molecule has 2 rings (SSSR count). The van der Waals surface area contributed by atoms with Crippen LogP contribution in [0.2, 0.25) is 0 Å². The van der Waals surface area contributed by atoms with Crippen molar-refractivity contribution in [3.05, 3.63) is 29.8 Å².